The number of fused-ring (bicyclic) bond motifs is 1. The van der Waals surface area contributed by atoms with Gasteiger partial charge in [0.1, 0.15) is 22.1 Å². The van der Waals surface area contributed by atoms with E-state index >= 15 is 0 Å². The van der Waals surface area contributed by atoms with Crippen molar-refractivity contribution in [2.75, 3.05) is 11.5 Å². The first-order valence-electron chi connectivity index (χ1n) is 12.1. The second-order valence-electron chi connectivity index (χ2n) is 8.98. The Morgan fingerprint density at radius 3 is 2.65 bits per heavy atom. The Balaban J connectivity index is 1.70. The summed E-state index contributed by atoms with van der Waals surface area (Å²) in [4.78, 5) is 32.8. The number of aromatic nitrogens is 4. The predicted octanol–water partition coefficient (Wildman–Crippen LogP) is 4.92. The zero-order valence-electron chi connectivity index (χ0n) is 21.1. The summed E-state index contributed by atoms with van der Waals surface area (Å²) < 4.78 is 7.74. The van der Waals surface area contributed by atoms with Crippen LogP contribution in [-0.4, -0.2) is 43.0 Å². The molecule has 1 aliphatic heterocycles. The summed E-state index contributed by atoms with van der Waals surface area (Å²) in [6, 6.07) is 10.1. The maximum Gasteiger partial charge on any atom is 0.301 e. The maximum absolute atomic E-state index is 13.5. The van der Waals surface area contributed by atoms with Crippen LogP contribution in [0.4, 0.5) is 5.13 Å². The fourth-order valence-corrected chi connectivity index (χ4v) is 5.23. The number of aliphatic hydroxyl groups excluding tert-OH is 1. The highest BCUT2D eigenvalue weighted by atomic mass is 32.1. The van der Waals surface area contributed by atoms with E-state index in [1.54, 1.807) is 19.1 Å². The number of nitrogens with zero attached hydrogens (tertiary/aromatic N) is 5. The molecule has 37 heavy (non-hydrogen) atoms. The molecule has 0 aliphatic carbocycles. The molecule has 3 aromatic heterocycles. The molecule has 1 unspecified atom stereocenters. The number of ether oxygens (including phenoxy) is 1. The van der Waals surface area contributed by atoms with Gasteiger partial charge >= 0.3 is 5.91 Å². The van der Waals surface area contributed by atoms with Gasteiger partial charge in [0.2, 0.25) is 5.13 Å². The smallest absolute Gasteiger partial charge is 0.301 e. The Bertz CT molecular complexity index is 1550. The van der Waals surface area contributed by atoms with E-state index in [0.29, 0.717) is 34.3 Å². The molecule has 0 radical (unpaired) electrons. The van der Waals surface area contributed by atoms with E-state index in [-0.39, 0.29) is 22.2 Å². The summed E-state index contributed by atoms with van der Waals surface area (Å²) in [5.41, 5.74) is 3.06. The van der Waals surface area contributed by atoms with E-state index in [9.17, 15) is 14.7 Å². The van der Waals surface area contributed by atoms with Gasteiger partial charge < -0.3 is 14.2 Å². The number of pyridine rings is 1. The Hall–Kier alpha value is -4.05. The van der Waals surface area contributed by atoms with Gasteiger partial charge in [0.25, 0.3) is 5.78 Å². The summed E-state index contributed by atoms with van der Waals surface area (Å²) in [7, 11) is 0. The number of amides is 1. The average Bonchev–Trinajstić information content (AvgIpc) is 3.54. The van der Waals surface area contributed by atoms with Gasteiger partial charge in [0.15, 0.2) is 5.76 Å². The van der Waals surface area contributed by atoms with Crippen molar-refractivity contribution in [1.82, 2.24) is 19.6 Å². The number of hydrogen-bond acceptors (Lipinski definition) is 8. The number of imidazole rings is 1. The highest BCUT2D eigenvalue weighted by Gasteiger charge is 2.48. The molecular weight excluding hydrogens is 490 g/mol. The van der Waals surface area contributed by atoms with Crippen molar-refractivity contribution in [2.45, 2.75) is 46.6 Å². The quantitative estimate of drug-likeness (QED) is 0.160. The molecule has 10 heteroatoms. The molecule has 1 amide bonds. The third-order valence-corrected chi connectivity index (χ3v) is 7.25. The fraction of sp³-hybridized carbons (Fsp3) is 0.296. The summed E-state index contributed by atoms with van der Waals surface area (Å²) in [6.07, 6.45) is 3.74. The maximum atomic E-state index is 13.5. The lowest BCUT2D eigenvalue weighted by molar-refractivity contribution is -0.132. The molecule has 1 aliphatic rings. The number of aliphatic hydroxyl groups is 1. The highest BCUT2D eigenvalue weighted by Crippen LogP contribution is 2.43. The number of hydrogen-bond donors (Lipinski definition) is 1. The third-order valence-electron chi connectivity index (χ3n) is 6.41. The minimum atomic E-state index is -0.924. The van der Waals surface area contributed by atoms with Crippen LogP contribution in [0.25, 0.3) is 11.4 Å². The van der Waals surface area contributed by atoms with Crippen LogP contribution in [0.1, 0.15) is 53.3 Å². The van der Waals surface area contributed by atoms with Crippen LogP contribution in [0.2, 0.25) is 0 Å². The topological polar surface area (TPSA) is 110 Å². The number of carbonyl (C=O) groups excluding carboxylic acids is 2. The molecule has 9 nitrogen and oxygen atoms in total. The first kappa shape index (κ1) is 24.6. The van der Waals surface area contributed by atoms with Gasteiger partial charge in [-0.2, -0.15) is 0 Å². The third kappa shape index (κ3) is 4.27. The van der Waals surface area contributed by atoms with Gasteiger partial charge in [-0.25, -0.2) is 4.98 Å². The van der Waals surface area contributed by atoms with Gasteiger partial charge in [-0.15, -0.1) is 10.2 Å². The Kier molecular flexibility index (Phi) is 6.51. The monoisotopic (exact) mass is 517 g/mol. The molecule has 4 heterocycles. The minimum Gasteiger partial charge on any atom is -0.505 e. The molecule has 4 aromatic rings. The van der Waals surface area contributed by atoms with Gasteiger partial charge in [-0.3, -0.25) is 14.5 Å². The van der Waals surface area contributed by atoms with Crippen LogP contribution in [0.15, 0.2) is 48.2 Å². The average molecular weight is 518 g/mol. The number of rotatable bonds is 7. The van der Waals surface area contributed by atoms with Crippen LogP contribution in [0, 0.1) is 20.8 Å². The van der Waals surface area contributed by atoms with Gasteiger partial charge in [-0.05, 0) is 56.5 Å². The van der Waals surface area contributed by atoms with Crippen molar-refractivity contribution < 1.29 is 19.4 Å². The number of benzene rings is 1. The van der Waals surface area contributed by atoms with Crippen molar-refractivity contribution in [3.8, 4) is 5.75 Å². The molecular formula is C27H27N5O4S. The van der Waals surface area contributed by atoms with E-state index in [1.807, 2.05) is 48.7 Å². The molecule has 1 saturated heterocycles. The minimum absolute atomic E-state index is 0.0484. The molecule has 1 aromatic carbocycles. The van der Waals surface area contributed by atoms with Gasteiger partial charge in [0.05, 0.1) is 23.9 Å². The van der Waals surface area contributed by atoms with Crippen molar-refractivity contribution in [3.63, 3.8) is 0 Å². The number of Topliss-reactive ketones (excluding diaryl/α,β-unsaturated/α-hetero) is 1. The molecule has 0 saturated carbocycles. The molecule has 0 spiro atoms. The second-order valence-corrected chi connectivity index (χ2v) is 10.1. The lowest BCUT2D eigenvalue weighted by Crippen LogP contribution is -2.29. The molecule has 1 atom stereocenters. The molecule has 1 fully saturated rings. The number of ketones is 1. The van der Waals surface area contributed by atoms with Crippen LogP contribution < -0.4 is 9.64 Å². The van der Waals surface area contributed by atoms with E-state index in [0.717, 1.165) is 18.4 Å². The number of unbranched alkanes of at least 4 members (excludes halogenated alkanes) is 1. The summed E-state index contributed by atoms with van der Waals surface area (Å²) >= 11 is 1.20. The van der Waals surface area contributed by atoms with Crippen molar-refractivity contribution >= 4 is 39.6 Å². The molecule has 5 rings (SSSR count). The second kappa shape index (κ2) is 9.78. The summed E-state index contributed by atoms with van der Waals surface area (Å²) in [6.45, 7) is 8.15. The summed E-state index contributed by atoms with van der Waals surface area (Å²) in [5, 5.41) is 20.7. The Morgan fingerprint density at radius 2 is 1.95 bits per heavy atom. The molecule has 0 bridgehead atoms. The zero-order chi connectivity index (χ0) is 26.3. The molecule has 190 valence electrons. The Labute approximate surface area is 218 Å². The fourth-order valence-electron chi connectivity index (χ4n) is 4.51. The van der Waals surface area contributed by atoms with Crippen molar-refractivity contribution in [3.05, 3.63) is 75.7 Å². The predicted molar refractivity (Wildman–Crippen MR) is 141 cm³/mol. The SMILES string of the molecule is CCCCOc1cccc(C2/C(=C(\O)c3nc4c(C)cccn4c3C)C(=O)C(=O)N2c2nnc(C)s2)c1. The first-order valence-corrected chi connectivity index (χ1v) is 12.9. The van der Waals surface area contributed by atoms with Crippen LogP contribution in [0.5, 0.6) is 5.75 Å². The standard InChI is InChI=1S/C27H27N5O4S/c1-5-6-13-36-19-11-7-10-18(14-19)22-20(24(34)26(35)32(22)27-30-29-17(4)37-27)23(33)21-16(3)31-12-8-9-15(2)25(31)28-21/h7-12,14,22,33H,5-6,13H2,1-4H3/b23-20+. The highest BCUT2D eigenvalue weighted by molar-refractivity contribution is 7.15. The van der Waals surface area contributed by atoms with Crippen LogP contribution in [0.3, 0.4) is 0 Å². The normalized spacial score (nSPS) is 17.2. The lowest BCUT2D eigenvalue weighted by Gasteiger charge is -2.23. The van der Waals surface area contributed by atoms with E-state index in [2.05, 4.69) is 22.1 Å². The van der Waals surface area contributed by atoms with Gasteiger partial charge in [0, 0.05) is 6.20 Å². The van der Waals surface area contributed by atoms with Gasteiger partial charge in [-0.1, -0.05) is 42.9 Å². The number of carbonyl (C=O) groups is 2. The van der Waals surface area contributed by atoms with Crippen molar-refractivity contribution in [2.24, 2.45) is 0 Å². The van der Waals surface area contributed by atoms with Crippen LogP contribution >= 0.6 is 11.3 Å². The van der Waals surface area contributed by atoms with E-state index in [1.165, 1.54) is 16.2 Å². The van der Waals surface area contributed by atoms with E-state index in [4.69, 9.17) is 4.74 Å². The number of anilines is 1. The van der Waals surface area contributed by atoms with Crippen molar-refractivity contribution in [1.29, 1.82) is 0 Å². The Morgan fingerprint density at radius 1 is 1.14 bits per heavy atom. The first-order chi connectivity index (χ1) is 17.8. The lowest BCUT2D eigenvalue weighted by atomic mass is 9.96. The van der Waals surface area contributed by atoms with Crippen LogP contribution in [-0.2, 0) is 9.59 Å². The number of aryl methyl sites for hydroxylation is 3. The molecule has 1 N–H and O–H groups in total. The zero-order valence-corrected chi connectivity index (χ0v) is 21.9. The van der Waals surface area contributed by atoms with E-state index < -0.39 is 17.7 Å². The summed E-state index contributed by atoms with van der Waals surface area (Å²) in [5.74, 6) is -1.30. The largest absolute Gasteiger partial charge is 0.505 e.